The highest BCUT2D eigenvalue weighted by Crippen LogP contribution is 1.82. The first-order valence-corrected chi connectivity index (χ1v) is 3.14. The normalized spacial score (nSPS) is 10.1. The average molecular weight is 125 g/mol. The number of hydrogen-bond acceptors (Lipinski definition) is 2. The molecule has 0 aliphatic carbocycles. The van der Waals surface area contributed by atoms with Crippen molar-refractivity contribution in [3.05, 3.63) is 12.2 Å². The highest BCUT2D eigenvalue weighted by atomic mass is 16.1. The van der Waals surface area contributed by atoms with E-state index in [4.69, 9.17) is 5.64 Å². The summed E-state index contributed by atoms with van der Waals surface area (Å²) in [4.78, 5) is 10.7. The second-order valence-corrected chi connectivity index (χ2v) is 2.00. The van der Waals surface area contributed by atoms with Crippen LogP contribution in [0, 0.1) is 0 Å². The number of carbonyl (C=O) groups excluding carboxylic acids is 1. The van der Waals surface area contributed by atoms with E-state index in [1.54, 1.807) is 6.82 Å². The van der Waals surface area contributed by atoms with Crippen LogP contribution in [-0.4, -0.2) is 12.5 Å². The minimum absolute atomic E-state index is 0.00292. The van der Waals surface area contributed by atoms with E-state index in [1.807, 2.05) is 13.0 Å². The number of carbonyl (C=O) groups is 1. The molecule has 0 fully saturated rings. The van der Waals surface area contributed by atoms with Crippen LogP contribution in [0.5, 0.6) is 0 Å². The zero-order chi connectivity index (χ0) is 7.28. The first-order chi connectivity index (χ1) is 4.18. The van der Waals surface area contributed by atoms with Gasteiger partial charge in [0.05, 0.1) is 0 Å². The molecule has 0 atom stereocenters. The van der Waals surface area contributed by atoms with E-state index < -0.39 is 0 Å². The van der Waals surface area contributed by atoms with Gasteiger partial charge >= 0.3 is 0 Å². The van der Waals surface area contributed by atoms with Crippen molar-refractivity contribution in [3.8, 4) is 0 Å². The van der Waals surface area contributed by atoms with E-state index in [0.717, 1.165) is 6.42 Å². The minimum Gasteiger partial charge on any atom is -0.363 e. The summed E-state index contributed by atoms with van der Waals surface area (Å²) in [6.45, 7) is 3.31. The fraction of sp³-hybridized carbons (Fsp3) is 0.500. The number of rotatable bonds is 3. The van der Waals surface area contributed by atoms with Crippen LogP contribution in [0.1, 0.15) is 13.3 Å². The van der Waals surface area contributed by atoms with Gasteiger partial charge in [-0.2, -0.15) is 0 Å². The van der Waals surface area contributed by atoms with Crippen LogP contribution in [0.15, 0.2) is 12.2 Å². The number of allylic oxidation sites excluding steroid dienone is 2. The molecule has 0 aliphatic heterocycles. The quantitative estimate of drug-likeness (QED) is 0.444. The maximum Gasteiger partial charge on any atom is 0.300 e. The Balaban J connectivity index is 3.63. The van der Waals surface area contributed by atoms with Gasteiger partial charge in [0, 0.05) is 0 Å². The zero-order valence-electron chi connectivity index (χ0n) is 5.92. The Morgan fingerprint density at radius 1 is 1.78 bits per heavy atom. The molecule has 50 valence electrons. The molecule has 9 heavy (non-hydrogen) atoms. The van der Waals surface area contributed by atoms with E-state index in [1.165, 1.54) is 6.08 Å². The van der Waals surface area contributed by atoms with Gasteiger partial charge in [-0.25, -0.2) is 0 Å². The molecule has 2 nitrogen and oxygen atoms in total. The smallest absolute Gasteiger partial charge is 0.300 e. The Morgan fingerprint density at radius 2 is 2.33 bits per heavy atom. The molecule has 2 N–H and O–H groups in total. The SMILES string of the molecule is CC/C=C/C(=O)B(C)N. The molecule has 0 aromatic rings. The second kappa shape index (κ2) is 4.33. The highest BCUT2D eigenvalue weighted by molar-refractivity contribution is 6.88. The van der Waals surface area contributed by atoms with Gasteiger partial charge in [-0.05, 0) is 12.5 Å². The van der Waals surface area contributed by atoms with Crippen LogP contribution in [0.25, 0.3) is 0 Å². The van der Waals surface area contributed by atoms with Gasteiger partial charge in [0.1, 0.15) is 5.68 Å². The lowest BCUT2D eigenvalue weighted by Crippen LogP contribution is -2.30. The van der Waals surface area contributed by atoms with Crippen LogP contribution in [0.3, 0.4) is 0 Å². The molecular formula is C6H12BNO. The van der Waals surface area contributed by atoms with Crippen molar-refractivity contribution < 1.29 is 4.79 Å². The standard InChI is InChI=1S/C6H12BNO/c1-3-4-5-6(9)7(2)8/h4-5H,3,8H2,1-2H3/b5-4+. The van der Waals surface area contributed by atoms with Crippen molar-refractivity contribution in [1.29, 1.82) is 0 Å². The summed E-state index contributed by atoms with van der Waals surface area (Å²) >= 11 is 0. The molecule has 0 saturated heterocycles. The van der Waals surface area contributed by atoms with Crippen LogP contribution in [-0.2, 0) is 4.79 Å². The minimum atomic E-state index is -0.354. The van der Waals surface area contributed by atoms with E-state index in [2.05, 4.69) is 0 Å². The Morgan fingerprint density at radius 3 is 2.67 bits per heavy atom. The third-order valence-electron chi connectivity index (χ3n) is 0.967. The lowest BCUT2D eigenvalue weighted by Gasteiger charge is -1.90. The van der Waals surface area contributed by atoms with Crippen LogP contribution in [0.2, 0.25) is 6.82 Å². The zero-order valence-corrected chi connectivity index (χ0v) is 5.92. The molecule has 0 saturated carbocycles. The molecular weight excluding hydrogens is 113 g/mol. The predicted octanol–water partition coefficient (Wildman–Crippen LogP) is 0.641. The van der Waals surface area contributed by atoms with Gasteiger partial charge in [-0.1, -0.05) is 19.8 Å². The third kappa shape index (κ3) is 3.97. The number of hydrogen-bond donors (Lipinski definition) is 1. The summed E-state index contributed by atoms with van der Waals surface area (Å²) in [6.07, 6.45) is 4.23. The van der Waals surface area contributed by atoms with Gasteiger partial charge in [0.25, 0.3) is 6.85 Å². The summed E-state index contributed by atoms with van der Waals surface area (Å²) in [7, 11) is 0. The monoisotopic (exact) mass is 125 g/mol. The summed E-state index contributed by atoms with van der Waals surface area (Å²) in [5.74, 6) is 0. The Hall–Kier alpha value is -0.565. The van der Waals surface area contributed by atoms with E-state index in [0.29, 0.717) is 0 Å². The molecule has 0 aliphatic rings. The van der Waals surface area contributed by atoms with E-state index in [9.17, 15) is 4.79 Å². The van der Waals surface area contributed by atoms with Crippen molar-refractivity contribution in [2.75, 3.05) is 0 Å². The van der Waals surface area contributed by atoms with Crippen molar-refractivity contribution >= 4 is 12.5 Å². The Bertz CT molecular complexity index is 120. The molecule has 0 radical (unpaired) electrons. The van der Waals surface area contributed by atoms with Crippen LogP contribution >= 0.6 is 0 Å². The van der Waals surface area contributed by atoms with Gasteiger partial charge < -0.3 is 10.4 Å². The van der Waals surface area contributed by atoms with Crippen molar-refractivity contribution in [2.45, 2.75) is 20.2 Å². The topological polar surface area (TPSA) is 43.1 Å². The predicted molar refractivity (Wildman–Crippen MR) is 40.2 cm³/mol. The molecule has 0 aromatic carbocycles. The lowest BCUT2D eigenvalue weighted by atomic mass is 9.62. The van der Waals surface area contributed by atoms with Gasteiger partial charge in [0.2, 0.25) is 0 Å². The fourth-order valence-electron chi connectivity index (χ4n) is 0.386. The van der Waals surface area contributed by atoms with Gasteiger partial charge in [-0.15, -0.1) is 0 Å². The van der Waals surface area contributed by atoms with E-state index >= 15 is 0 Å². The van der Waals surface area contributed by atoms with Gasteiger partial charge in [-0.3, -0.25) is 0 Å². The second-order valence-electron chi connectivity index (χ2n) is 2.00. The molecule has 0 aromatic heterocycles. The Kier molecular flexibility index (Phi) is 4.06. The maximum atomic E-state index is 10.7. The van der Waals surface area contributed by atoms with Crippen LogP contribution < -0.4 is 5.64 Å². The summed E-state index contributed by atoms with van der Waals surface area (Å²) < 4.78 is 0. The number of nitrogens with two attached hydrogens (primary N) is 1. The Labute approximate surface area is 56.2 Å². The summed E-state index contributed by atoms with van der Waals surface area (Å²) in [5, 5.41) is 0. The van der Waals surface area contributed by atoms with Gasteiger partial charge in [0.15, 0.2) is 0 Å². The van der Waals surface area contributed by atoms with Crippen molar-refractivity contribution in [3.63, 3.8) is 0 Å². The van der Waals surface area contributed by atoms with Crippen LogP contribution in [0.4, 0.5) is 0 Å². The molecule has 0 spiro atoms. The molecule has 3 heteroatoms. The maximum absolute atomic E-state index is 10.7. The summed E-state index contributed by atoms with van der Waals surface area (Å²) in [5.41, 5.74) is 5.27. The first-order valence-electron chi connectivity index (χ1n) is 3.14. The highest BCUT2D eigenvalue weighted by Gasteiger charge is 2.06. The molecule has 0 unspecified atom stereocenters. The fourth-order valence-corrected chi connectivity index (χ4v) is 0.386. The molecule has 0 bridgehead atoms. The lowest BCUT2D eigenvalue weighted by molar-refractivity contribution is -0.108. The molecule has 0 heterocycles. The average Bonchev–Trinajstić information content (AvgIpc) is 1.82. The molecule has 0 amide bonds. The van der Waals surface area contributed by atoms with Crippen molar-refractivity contribution in [2.24, 2.45) is 5.64 Å². The first kappa shape index (κ1) is 8.43. The largest absolute Gasteiger partial charge is 0.363 e. The van der Waals surface area contributed by atoms with E-state index in [-0.39, 0.29) is 12.5 Å². The molecule has 0 rings (SSSR count). The summed E-state index contributed by atoms with van der Waals surface area (Å²) in [6, 6.07) is 0. The van der Waals surface area contributed by atoms with Crippen molar-refractivity contribution in [1.82, 2.24) is 0 Å². The third-order valence-corrected chi connectivity index (χ3v) is 0.967.